The summed E-state index contributed by atoms with van der Waals surface area (Å²) in [5.41, 5.74) is 4.10. The van der Waals surface area contributed by atoms with Gasteiger partial charge in [0.1, 0.15) is 29.0 Å². The van der Waals surface area contributed by atoms with Gasteiger partial charge in [0, 0.05) is 54.5 Å². The van der Waals surface area contributed by atoms with Crippen molar-refractivity contribution in [2.75, 3.05) is 26.9 Å². The van der Waals surface area contributed by atoms with Crippen molar-refractivity contribution in [3.05, 3.63) is 111 Å². The summed E-state index contributed by atoms with van der Waals surface area (Å²) in [6.45, 7) is 10.8. The van der Waals surface area contributed by atoms with E-state index < -0.39 is 33.2 Å². The van der Waals surface area contributed by atoms with Gasteiger partial charge in [-0.05, 0) is 125 Å². The summed E-state index contributed by atoms with van der Waals surface area (Å²) in [4.78, 5) is 15.8. The molecule has 13 nitrogen and oxygen atoms in total. The van der Waals surface area contributed by atoms with Crippen molar-refractivity contribution in [3.63, 3.8) is 0 Å². The molecule has 7 heterocycles. The van der Waals surface area contributed by atoms with Crippen molar-refractivity contribution in [1.29, 1.82) is 5.26 Å². The van der Waals surface area contributed by atoms with E-state index in [0.29, 0.717) is 64.5 Å². The maximum atomic E-state index is 17.0. The number of morpholine rings is 1. The first-order valence-electron chi connectivity index (χ1n) is 22.6. The summed E-state index contributed by atoms with van der Waals surface area (Å²) >= 11 is 0. The third-order valence-electron chi connectivity index (χ3n) is 14.6. The van der Waals surface area contributed by atoms with E-state index in [1.165, 1.54) is 14.7 Å². The Bertz CT molecular complexity index is 3130. The molecule has 3 unspecified atom stereocenters. The number of ether oxygens (including phenoxy) is 2. The molecule has 0 N–H and O–H groups in total. The highest BCUT2D eigenvalue weighted by Crippen LogP contribution is 2.47. The number of rotatable bonds is 8. The van der Waals surface area contributed by atoms with Crippen LogP contribution in [0.25, 0.3) is 28.1 Å². The minimum absolute atomic E-state index is 0.00228. The summed E-state index contributed by atoms with van der Waals surface area (Å²) in [6.07, 6.45) is 12.1. The number of fused-ring (bicyclic) bond motifs is 6. The molecule has 6 atom stereocenters. The van der Waals surface area contributed by atoms with Crippen molar-refractivity contribution >= 4 is 37.4 Å². The number of benzene rings is 2. The van der Waals surface area contributed by atoms with Crippen LogP contribution in [-0.2, 0) is 32.1 Å². The standard InChI is InChI=1S/C49H53F2N9O4S/c1-28-19-35(20-29(2)45(28)50)59-47(58-17-16-57(48(58)61)41-12-11-40-37(46(41)51)25-53-55(40)6)44-38(54-59)23-36-26-63-27-42(44)60(36)65(62,30(3)31-7-8-31)43-22-34-21-32(9-10-39(34)56(43)15-14-52)33-13-18-64-49(4,5)24-33/h9-12,16-17,19-22,25,31,33,36-37,40,42H,7-8,13,15,18,23-24,26-27H2,1-6H3/t33-,36-,37?,40?,42-,65?/m0/s1. The molecule has 2 saturated heterocycles. The van der Waals surface area contributed by atoms with Crippen LogP contribution in [0.15, 0.2) is 81.7 Å². The van der Waals surface area contributed by atoms with Gasteiger partial charge in [-0.15, -0.1) is 0 Å². The maximum absolute atomic E-state index is 17.0. The second-order valence-corrected chi connectivity index (χ2v) is 21.8. The van der Waals surface area contributed by atoms with Crippen LogP contribution in [0.5, 0.6) is 0 Å². The molecule has 6 aliphatic rings. The van der Waals surface area contributed by atoms with Crippen LogP contribution in [0.1, 0.15) is 86.4 Å². The number of aryl methyl sites for hydroxylation is 2. The van der Waals surface area contributed by atoms with E-state index in [1.54, 1.807) is 67.4 Å². The lowest BCUT2D eigenvalue weighted by Crippen LogP contribution is -2.55. The second-order valence-electron chi connectivity index (χ2n) is 19.3. The molecule has 3 fully saturated rings. The minimum atomic E-state index is -3.27. The summed E-state index contributed by atoms with van der Waals surface area (Å²) in [7, 11) is -1.49. The highest BCUT2D eigenvalue weighted by Gasteiger charge is 2.50. The molecule has 338 valence electrons. The van der Waals surface area contributed by atoms with Gasteiger partial charge in [0.2, 0.25) is 0 Å². The Morgan fingerprint density at radius 3 is 2.55 bits per heavy atom. The van der Waals surface area contributed by atoms with Gasteiger partial charge in [-0.3, -0.25) is 14.1 Å². The largest absolute Gasteiger partial charge is 0.378 e. The molecule has 2 bridgehead atoms. The zero-order valence-electron chi connectivity index (χ0n) is 37.5. The Morgan fingerprint density at radius 1 is 1.05 bits per heavy atom. The van der Waals surface area contributed by atoms with E-state index in [2.05, 4.69) is 47.5 Å². The highest BCUT2D eigenvalue weighted by molar-refractivity contribution is 8.00. The van der Waals surface area contributed by atoms with Gasteiger partial charge in [-0.2, -0.15) is 15.5 Å². The molecule has 2 aliphatic carbocycles. The van der Waals surface area contributed by atoms with E-state index in [0.717, 1.165) is 41.5 Å². The third-order valence-corrected chi connectivity index (χ3v) is 17.8. The van der Waals surface area contributed by atoms with Gasteiger partial charge in [0.25, 0.3) is 0 Å². The van der Waals surface area contributed by atoms with E-state index in [1.807, 2.05) is 23.6 Å². The fourth-order valence-electron chi connectivity index (χ4n) is 11.1. The number of likely N-dealkylation sites (N-methyl/N-ethyl adjacent to an activating group) is 1. The van der Waals surface area contributed by atoms with Crippen molar-refractivity contribution in [2.45, 2.75) is 108 Å². The molecule has 65 heavy (non-hydrogen) atoms. The lowest BCUT2D eigenvalue weighted by molar-refractivity contribution is -0.0592. The highest BCUT2D eigenvalue weighted by atomic mass is 32.2. The lowest BCUT2D eigenvalue weighted by atomic mass is 9.83. The normalized spacial score (nSPS) is 25.8. The molecule has 4 aliphatic heterocycles. The molecule has 3 aromatic heterocycles. The Morgan fingerprint density at radius 2 is 1.82 bits per heavy atom. The summed E-state index contributed by atoms with van der Waals surface area (Å²) < 4.78 is 69.5. The Kier molecular flexibility index (Phi) is 9.86. The zero-order chi connectivity index (χ0) is 45.3. The zero-order valence-corrected chi connectivity index (χ0v) is 38.3. The lowest BCUT2D eigenvalue weighted by Gasteiger charge is -2.47. The molecule has 0 spiro atoms. The first-order chi connectivity index (χ1) is 31.2. The van der Waals surface area contributed by atoms with Crippen LogP contribution >= 0.6 is 0 Å². The predicted molar refractivity (Wildman–Crippen MR) is 246 cm³/mol. The van der Waals surface area contributed by atoms with Gasteiger partial charge < -0.3 is 14.0 Å². The predicted octanol–water partition coefficient (Wildman–Crippen LogP) is 7.51. The van der Waals surface area contributed by atoms with Gasteiger partial charge in [-0.25, -0.2) is 26.8 Å². The third kappa shape index (κ3) is 6.55. The van der Waals surface area contributed by atoms with Gasteiger partial charge in [0.15, 0.2) is 0 Å². The van der Waals surface area contributed by atoms with Crippen LogP contribution < -0.4 is 5.69 Å². The molecule has 1 saturated carbocycles. The monoisotopic (exact) mass is 901 g/mol. The molecule has 11 rings (SSSR count). The number of nitriles is 1. The van der Waals surface area contributed by atoms with Crippen LogP contribution in [0.2, 0.25) is 0 Å². The van der Waals surface area contributed by atoms with Crippen LogP contribution in [0, 0.1) is 42.8 Å². The number of hydrazone groups is 1. The van der Waals surface area contributed by atoms with E-state index >= 15 is 13.0 Å². The topological polar surface area (TPSA) is 128 Å². The van der Waals surface area contributed by atoms with Crippen molar-refractivity contribution in [2.24, 2.45) is 16.9 Å². The van der Waals surface area contributed by atoms with Crippen LogP contribution in [-0.4, -0.2) is 92.6 Å². The fourth-order valence-corrected chi connectivity index (χ4v) is 14.5. The number of allylic oxidation sites excluding steroid dienone is 2. The fraction of sp³-hybridized carbons (Fsp3) is 0.449. The first kappa shape index (κ1) is 42.1. The molecule has 0 amide bonds. The number of imidazole rings is 1. The van der Waals surface area contributed by atoms with Crippen LogP contribution in [0.3, 0.4) is 0 Å². The van der Waals surface area contributed by atoms with Crippen LogP contribution in [0.4, 0.5) is 8.78 Å². The van der Waals surface area contributed by atoms with E-state index in [4.69, 9.17) is 14.6 Å². The average Bonchev–Trinajstić information content (AvgIpc) is 3.60. The molecule has 2 aromatic carbocycles. The summed E-state index contributed by atoms with van der Waals surface area (Å²) in [6, 6.07) is 12.9. The Labute approximate surface area is 377 Å². The number of hydrogen-bond donors (Lipinski definition) is 0. The molecular formula is C49H53F2N9O4S. The minimum Gasteiger partial charge on any atom is -0.378 e. The quantitative estimate of drug-likeness (QED) is 0.148. The van der Waals surface area contributed by atoms with Gasteiger partial charge in [0.05, 0.1) is 81.2 Å². The average molecular weight is 902 g/mol. The number of aromatic nitrogens is 5. The first-order valence-corrected chi connectivity index (χ1v) is 24.1. The summed E-state index contributed by atoms with van der Waals surface area (Å²) in [5, 5.41) is 23.1. The second kappa shape index (κ2) is 15.2. The van der Waals surface area contributed by atoms with E-state index in [-0.39, 0.29) is 48.3 Å². The van der Waals surface area contributed by atoms with Crippen molar-refractivity contribution in [1.82, 2.24) is 32.8 Å². The molecular weight excluding hydrogens is 849 g/mol. The number of nitrogens with zero attached hydrogens (tertiary/aromatic N) is 9. The van der Waals surface area contributed by atoms with Crippen molar-refractivity contribution < 1.29 is 22.5 Å². The van der Waals surface area contributed by atoms with Gasteiger partial charge >= 0.3 is 5.69 Å². The smallest absolute Gasteiger partial charge is 0.338 e. The number of hydrogen-bond acceptors (Lipinski definition) is 8. The van der Waals surface area contributed by atoms with Crippen molar-refractivity contribution in [3.8, 4) is 17.6 Å². The summed E-state index contributed by atoms with van der Waals surface area (Å²) in [5.74, 6) is -0.645. The molecule has 0 radical (unpaired) electrons. The number of halogens is 2. The molecule has 5 aromatic rings. The Balaban J connectivity index is 1.11. The van der Waals surface area contributed by atoms with Gasteiger partial charge in [-0.1, -0.05) is 12.1 Å². The molecule has 16 heteroatoms. The maximum Gasteiger partial charge on any atom is 0.338 e. The SMILES string of the molecule is CC(C1CC1)=S(=O)(c1cc2cc([C@H]3CCOC(C)(C)C3)ccc2n1CC#N)N1[C@@H]2COC[C@H]1c1c(nn(-c3cc(C)c(F)c(C)c3)c1-n1ccn(C3=C(F)C4C=NN(C)C4C=C3)c1=O)C2. The van der Waals surface area contributed by atoms with E-state index in [9.17, 15) is 10.1 Å². The Hall–Kier alpha value is -5.60.